The van der Waals surface area contributed by atoms with Crippen molar-refractivity contribution in [2.75, 3.05) is 26.6 Å². The number of hydrogen-bond donors (Lipinski definition) is 1. The Morgan fingerprint density at radius 2 is 1.50 bits per heavy atom. The molecule has 0 saturated carbocycles. The van der Waals surface area contributed by atoms with Crippen LogP contribution in [0.4, 0.5) is 11.5 Å². The summed E-state index contributed by atoms with van der Waals surface area (Å²) in [6, 6.07) is 19.8. The fourth-order valence-electron chi connectivity index (χ4n) is 3.37. The topological polar surface area (TPSA) is 65.5 Å². The largest absolute Gasteiger partial charge is 0.493 e. The van der Waals surface area contributed by atoms with E-state index in [1.165, 1.54) is 5.56 Å². The Morgan fingerprint density at radius 3 is 2.17 bits per heavy atom. The van der Waals surface area contributed by atoms with Gasteiger partial charge in [0, 0.05) is 16.6 Å². The highest BCUT2D eigenvalue weighted by atomic mass is 16.5. The molecule has 0 radical (unpaired) electrons. The number of ether oxygens (including phenoxy) is 3. The zero-order valence-electron chi connectivity index (χ0n) is 17.4. The van der Waals surface area contributed by atoms with E-state index in [-0.39, 0.29) is 0 Å². The van der Waals surface area contributed by atoms with Gasteiger partial charge in [0.05, 0.1) is 26.8 Å². The van der Waals surface area contributed by atoms with Gasteiger partial charge in [-0.1, -0.05) is 24.3 Å². The van der Waals surface area contributed by atoms with Gasteiger partial charge in [-0.15, -0.1) is 0 Å². The molecule has 4 rings (SSSR count). The molecule has 1 aromatic heterocycles. The van der Waals surface area contributed by atoms with Crippen LogP contribution in [0.5, 0.6) is 17.2 Å². The molecule has 4 aromatic rings. The van der Waals surface area contributed by atoms with Gasteiger partial charge in [0.15, 0.2) is 17.3 Å². The van der Waals surface area contributed by atoms with Gasteiger partial charge in [0.25, 0.3) is 0 Å². The molecule has 0 amide bonds. The van der Waals surface area contributed by atoms with Crippen LogP contribution in [0.1, 0.15) is 5.56 Å². The predicted octanol–water partition coefficient (Wildman–Crippen LogP) is 5.37. The lowest BCUT2D eigenvalue weighted by molar-refractivity contribution is 0.324. The zero-order chi connectivity index (χ0) is 21.1. The van der Waals surface area contributed by atoms with Crippen LogP contribution < -0.4 is 19.5 Å². The number of fused-ring (bicyclic) bond motifs is 1. The van der Waals surface area contributed by atoms with E-state index in [2.05, 4.69) is 24.4 Å². The molecule has 0 saturated heterocycles. The highest BCUT2D eigenvalue weighted by Gasteiger charge is 2.17. The average Bonchev–Trinajstić information content (AvgIpc) is 2.78. The maximum absolute atomic E-state index is 5.49. The molecule has 152 valence electrons. The molecule has 6 heteroatoms. The number of para-hydroxylation sites is 1. The second-order valence-corrected chi connectivity index (χ2v) is 6.82. The molecule has 0 atom stereocenters. The highest BCUT2D eigenvalue weighted by Crippen LogP contribution is 2.41. The summed E-state index contributed by atoms with van der Waals surface area (Å²) >= 11 is 0. The molecule has 0 fully saturated rings. The minimum absolute atomic E-state index is 0.530. The maximum Gasteiger partial charge on any atom is 0.203 e. The summed E-state index contributed by atoms with van der Waals surface area (Å²) in [5.74, 6) is 2.93. The number of nitrogens with zero attached hydrogens (tertiary/aromatic N) is 2. The van der Waals surface area contributed by atoms with Crippen LogP contribution >= 0.6 is 0 Å². The van der Waals surface area contributed by atoms with Gasteiger partial charge in [-0.3, -0.25) is 0 Å². The highest BCUT2D eigenvalue weighted by molar-refractivity contribution is 5.92. The number of rotatable bonds is 6. The standard InChI is InChI=1S/C24H23N3O3/c1-15-8-7-9-17(12-15)25-24-18-10-5-6-11-19(18)26-23(27-24)16-13-20(28-2)22(30-4)21(14-16)29-3/h5-14H,1-4H3,(H,25,26,27). The Balaban J connectivity index is 1.88. The van der Waals surface area contributed by atoms with E-state index in [1.807, 2.05) is 48.5 Å². The first kappa shape index (κ1) is 19.5. The third-order valence-electron chi connectivity index (χ3n) is 4.81. The molecule has 1 heterocycles. The first-order valence-corrected chi connectivity index (χ1v) is 9.53. The Hall–Kier alpha value is -3.80. The minimum Gasteiger partial charge on any atom is -0.493 e. The molecular weight excluding hydrogens is 378 g/mol. The molecule has 6 nitrogen and oxygen atoms in total. The van der Waals surface area contributed by atoms with Gasteiger partial charge in [-0.2, -0.15) is 0 Å². The predicted molar refractivity (Wildman–Crippen MR) is 119 cm³/mol. The summed E-state index contributed by atoms with van der Waals surface area (Å²) in [4.78, 5) is 9.60. The third-order valence-corrected chi connectivity index (χ3v) is 4.81. The van der Waals surface area contributed by atoms with Crippen molar-refractivity contribution >= 4 is 22.4 Å². The normalized spacial score (nSPS) is 10.7. The summed E-state index contributed by atoms with van der Waals surface area (Å²) < 4.78 is 16.4. The number of aromatic nitrogens is 2. The summed E-state index contributed by atoms with van der Waals surface area (Å²) in [5.41, 5.74) is 3.74. The molecule has 0 bridgehead atoms. The second kappa shape index (κ2) is 8.29. The van der Waals surface area contributed by atoms with Crippen molar-refractivity contribution in [3.63, 3.8) is 0 Å². The average molecular weight is 401 g/mol. The number of aryl methyl sites for hydroxylation is 1. The SMILES string of the molecule is COc1cc(-c2nc(Nc3cccc(C)c3)c3ccccc3n2)cc(OC)c1OC. The molecular formula is C24H23N3O3. The van der Waals surface area contributed by atoms with Crippen LogP contribution in [0.25, 0.3) is 22.3 Å². The molecule has 0 aliphatic carbocycles. The van der Waals surface area contributed by atoms with E-state index < -0.39 is 0 Å². The van der Waals surface area contributed by atoms with Crippen molar-refractivity contribution in [1.29, 1.82) is 0 Å². The lowest BCUT2D eigenvalue weighted by Gasteiger charge is -2.15. The molecule has 0 aliphatic rings. The van der Waals surface area contributed by atoms with Gasteiger partial charge in [-0.05, 0) is 48.9 Å². The number of methoxy groups -OCH3 is 3. The van der Waals surface area contributed by atoms with Gasteiger partial charge in [-0.25, -0.2) is 9.97 Å². The monoisotopic (exact) mass is 401 g/mol. The third kappa shape index (κ3) is 3.72. The summed E-state index contributed by atoms with van der Waals surface area (Å²) in [7, 11) is 4.76. The number of anilines is 2. The smallest absolute Gasteiger partial charge is 0.203 e. The van der Waals surface area contributed by atoms with Crippen molar-refractivity contribution in [3.8, 4) is 28.6 Å². The van der Waals surface area contributed by atoms with Crippen LogP contribution in [-0.2, 0) is 0 Å². The van der Waals surface area contributed by atoms with Crippen LogP contribution in [-0.4, -0.2) is 31.3 Å². The fourth-order valence-corrected chi connectivity index (χ4v) is 3.37. The second-order valence-electron chi connectivity index (χ2n) is 6.82. The van der Waals surface area contributed by atoms with Crippen molar-refractivity contribution in [3.05, 3.63) is 66.2 Å². The Labute approximate surface area is 175 Å². The van der Waals surface area contributed by atoms with Crippen LogP contribution in [0.3, 0.4) is 0 Å². The van der Waals surface area contributed by atoms with Crippen molar-refractivity contribution in [1.82, 2.24) is 9.97 Å². The summed E-state index contributed by atoms with van der Waals surface area (Å²) in [5, 5.41) is 4.38. The van der Waals surface area contributed by atoms with Crippen molar-refractivity contribution in [2.45, 2.75) is 6.92 Å². The van der Waals surface area contributed by atoms with E-state index in [9.17, 15) is 0 Å². The minimum atomic E-state index is 0.530. The first-order valence-electron chi connectivity index (χ1n) is 9.53. The lowest BCUT2D eigenvalue weighted by atomic mass is 10.1. The van der Waals surface area contributed by atoms with E-state index in [4.69, 9.17) is 24.2 Å². The van der Waals surface area contributed by atoms with Gasteiger partial charge in [0.2, 0.25) is 5.75 Å². The Kier molecular flexibility index (Phi) is 5.39. The zero-order valence-corrected chi connectivity index (χ0v) is 17.4. The molecule has 0 unspecified atom stereocenters. The fraction of sp³-hybridized carbons (Fsp3) is 0.167. The van der Waals surface area contributed by atoms with E-state index in [0.717, 1.165) is 28.0 Å². The van der Waals surface area contributed by atoms with E-state index in [0.29, 0.717) is 23.1 Å². The first-order chi connectivity index (χ1) is 14.6. The molecule has 0 aliphatic heterocycles. The number of hydrogen-bond acceptors (Lipinski definition) is 6. The summed E-state index contributed by atoms with van der Waals surface area (Å²) in [6.45, 7) is 2.06. The molecule has 3 aromatic carbocycles. The lowest BCUT2D eigenvalue weighted by Crippen LogP contribution is -2.01. The summed E-state index contributed by atoms with van der Waals surface area (Å²) in [6.07, 6.45) is 0. The van der Waals surface area contributed by atoms with E-state index >= 15 is 0 Å². The van der Waals surface area contributed by atoms with Gasteiger partial charge < -0.3 is 19.5 Å². The van der Waals surface area contributed by atoms with Crippen LogP contribution in [0, 0.1) is 6.92 Å². The molecule has 1 N–H and O–H groups in total. The van der Waals surface area contributed by atoms with Crippen molar-refractivity contribution in [2.24, 2.45) is 0 Å². The van der Waals surface area contributed by atoms with Crippen LogP contribution in [0.15, 0.2) is 60.7 Å². The molecule has 30 heavy (non-hydrogen) atoms. The maximum atomic E-state index is 5.49. The Bertz CT molecular complexity index is 1180. The quantitative estimate of drug-likeness (QED) is 0.468. The van der Waals surface area contributed by atoms with Gasteiger partial charge >= 0.3 is 0 Å². The number of benzene rings is 3. The van der Waals surface area contributed by atoms with Gasteiger partial charge in [0.1, 0.15) is 5.82 Å². The van der Waals surface area contributed by atoms with Crippen LogP contribution in [0.2, 0.25) is 0 Å². The Morgan fingerprint density at radius 1 is 0.767 bits per heavy atom. The molecule has 0 spiro atoms. The number of nitrogens with one attached hydrogen (secondary N) is 1. The van der Waals surface area contributed by atoms with E-state index in [1.54, 1.807) is 21.3 Å². The van der Waals surface area contributed by atoms with Crippen molar-refractivity contribution < 1.29 is 14.2 Å².